The largest absolute Gasteiger partial charge is 0.395 e. The van der Waals surface area contributed by atoms with E-state index in [2.05, 4.69) is 5.32 Å². The molecule has 0 aromatic heterocycles. The predicted molar refractivity (Wildman–Crippen MR) is 72.1 cm³/mol. The first-order valence-electron chi connectivity index (χ1n) is 5.40. The van der Waals surface area contributed by atoms with Crippen LogP contribution in [0.25, 0.3) is 0 Å². The molecule has 96 valence electrons. The van der Waals surface area contributed by atoms with Gasteiger partial charge in [0.1, 0.15) is 5.82 Å². The SMILES string of the molecule is CSC(CO)C(C)NCc1cccc(Cl)c1F. The first-order valence-corrected chi connectivity index (χ1v) is 7.06. The van der Waals surface area contributed by atoms with Gasteiger partial charge in [0.2, 0.25) is 0 Å². The van der Waals surface area contributed by atoms with E-state index >= 15 is 0 Å². The summed E-state index contributed by atoms with van der Waals surface area (Å²) < 4.78 is 13.6. The first-order chi connectivity index (χ1) is 8.10. The molecule has 0 spiro atoms. The molecule has 0 radical (unpaired) electrons. The second-order valence-corrected chi connectivity index (χ2v) is 5.32. The van der Waals surface area contributed by atoms with Gasteiger partial charge in [-0.2, -0.15) is 11.8 Å². The van der Waals surface area contributed by atoms with Gasteiger partial charge in [0.05, 0.1) is 11.6 Å². The Morgan fingerprint density at radius 3 is 2.82 bits per heavy atom. The molecule has 17 heavy (non-hydrogen) atoms. The Morgan fingerprint density at radius 2 is 2.24 bits per heavy atom. The summed E-state index contributed by atoms with van der Waals surface area (Å²) in [4.78, 5) is 0. The Hall–Kier alpha value is -0.290. The first kappa shape index (κ1) is 14.8. The number of hydrogen-bond acceptors (Lipinski definition) is 3. The maximum atomic E-state index is 13.6. The molecule has 0 saturated carbocycles. The van der Waals surface area contributed by atoms with Crippen molar-refractivity contribution in [2.75, 3.05) is 12.9 Å². The third kappa shape index (κ3) is 4.14. The minimum Gasteiger partial charge on any atom is -0.395 e. The van der Waals surface area contributed by atoms with Crippen molar-refractivity contribution in [1.82, 2.24) is 5.32 Å². The molecule has 0 amide bonds. The fraction of sp³-hybridized carbons (Fsp3) is 0.500. The van der Waals surface area contributed by atoms with E-state index in [1.165, 1.54) is 6.07 Å². The zero-order valence-electron chi connectivity index (χ0n) is 9.91. The monoisotopic (exact) mass is 277 g/mol. The lowest BCUT2D eigenvalue weighted by Crippen LogP contribution is -2.37. The van der Waals surface area contributed by atoms with Crippen molar-refractivity contribution in [3.05, 3.63) is 34.6 Å². The van der Waals surface area contributed by atoms with Gasteiger partial charge < -0.3 is 10.4 Å². The highest BCUT2D eigenvalue weighted by atomic mass is 35.5. The van der Waals surface area contributed by atoms with Crippen LogP contribution in [0, 0.1) is 5.82 Å². The standard InChI is InChI=1S/C12H17ClFNOS/c1-8(11(7-16)17-2)15-6-9-4-3-5-10(13)12(9)14/h3-5,8,11,15-16H,6-7H2,1-2H3. The van der Waals surface area contributed by atoms with Crippen LogP contribution in [-0.2, 0) is 6.54 Å². The topological polar surface area (TPSA) is 32.3 Å². The second-order valence-electron chi connectivity index (χ2n) is 3.84. The zero-order chi connectivity index (χ0) is 12.8. The minimum atomic E-state index is -0.376. The molecule has 2 atom stereocenters. The van der Waals surface area contributed by atoms with Crippen LogP contribution >= 0.6 is 23.4 Å². The van der Waals surface area contributed by atoms with Crippen LogP contribution < -0.4 is 5.32 Å². The molecule has 1 rings (SSSR count). The van der Waals surface area contributed by atoms with Gasteiger partial charge in [-0.25, -0.2) is 4.39 Å². The summed E-state index contributed by atoms with van der Waals surface area (Å²) in [6, 6.07) is 5.06. The van der Waals surface area contributed by atoms with Crippen LogP contribution in [0.3, 0.4) is 0 Å². The van der Waals surface area contributed by atoms with Crippen molar-refractivity contribution in [3.63, 3.8) is 0 Å². The molecular weight excluding hydrogens is 261 g/mol. The van der Waals surface area contributed by atoms with Gasteiger partial charge in [-0.1, -0.05) is 23.7 Å². The molecule has 5 heteroatoms. The van der Waals surface area contributed by atoms with Crippen LogP contribution in [0.15, 0.2) is 18.2 Å². The third-order valence-corrected chi connectivity index (χ3v) is 4.14. The fourth-order valence-electron chi connectivity index (χ4n) is 1.52. The van der Waals surface area contributed by atoms with Crippen molar-refractivity contribution in [2.24, 2.45) is 0 Å². The molecule has 1 aromatic rings. The van der Waals surface area contributed by atoms with Crippen molar-refractivity contribution in [2.45, 2.75) is 24.8 Å². The van der Waals surface area contributed by atoms with Crippen molar-refractivity contribution < 1.29 is 9.50 Å². The Balaban J connectivity index is 2.58. The molecule has 0 saturated heterocycles. The Labute approximate surface area is 111 Å². The van der Waals surface area contributed by atoms with E-state index in [0.717, 1.165) is 0 Å². The summed E-state index contributed by atoms with van der Waals surface area (Å²) in [5.41, 5.74) is 0.544. The number of rotatable bonds is 6. The van der Waals surface area contributed by atoms with E-state index in [9.17, 15) is 4.39 Å². The maximum Gasteiger partial charge on any atom is 0.146 e. The lowest BCUT2D eigenvalue weighted by atomic mass is 10.2. The number of nitrogens with one attached hydrogen (secondary N) is 1. The number of aliphatic hydroxyl groups excluding tert-OH is 1. The molecule has 2 unspecified atom stereocenters. The number of benzene rings is 1. The van der Waals surface area contributed by atoms with E-state index in [0.29, 0.717) is 12.1 Å². The second kappa shape index (κ2) is 7.21. The summed E-state index contributed by atoms with van der Waals surface area (Å²) in [5, 5.41) is 12.6. The number of hydrogen-bond donors (Lipinski definition) is 2. The molecule has 1 aromatic carbocycles. The minimum absolute atomic E-state index is 0.105. The Bertz CT molecular complexity index is 360. The molecule has 0 bridgehead atoms. The van der Waals surface area contributed by atoms with Gasteiger partial charge in [-0.15, -0.1) is 0 Å². The average Bonchev–Trinajstić information content (AvgIpc) is 2.32. The van der Waals surface area contributed by atoms with Gasteiger partial charge in [0.25, 0.3) is 0 Å². The van der Waals surface area contributed by atoms with Gasteiger partial charge in [0.15, 0.2) is 0 Å². The summed E-state index contributed by atoms with van der Waals surface area (Å²) in [6.07, 6.45) is 1.94. The van der Waals surface area contributed by atoms with Gasteiger partial charge >= 0.3 is 0 Å². The molecule has 0 aliphatic heterocycles. The van der Waals surface area contributed by atoms with E-state index in [1.54, 1.807) is 23.9 Å². The molecule has 0 aliphatic rings. The van der Waals surface area contributed by atoms with E-state index < -0.39 is 0 Å². The number of aliphatic hydroxyl groups is 1. The van der Waals surface area contributed by atoms with E-state index in [4.69, 9.17) is 16.7 Å². The highest BCUT2D eigenvalue weighted by Gasteiger charge is 2.15. The predicted octanol–water partition coefficient (Wildman–Crippen LogP) is 2.68. The van der Waals surface area contributed by atoms with Crippen LogP contribution in [0.4, 0.5) is 4.39 Å². The molecule has 2 nitrogen and oxygen atoms in total. The number of halogens is 2. The highest BCUT2D eigenvalue weighted by molar-refractivity contribution is 7.99. The summed E-state index contributed by atoms with van der Waals surface area (Å²) in [5.74, 6) is -0.376. The lowest BCUT2D eigenvalue weighted by Gasteiger charge is -2.21. The quantitative estimate of drug-likeness (QED) is 0.839. The Morgan fingerprint density at radius 1 is 1.53 bits per heavy atom. The number of thioether (sulfide) groups is 1. The van der Waals surface area contributed by atoms with Crippen LogP contribution in [0.1, 0.15) is 12.5 Å². The molecule has 0 heterocycles. The molecule has 2 N–H and O–H groups in total. The van der Waals surface area contributed by atoms with Crippen LogP contribution in [-0.4, -0.2) is 29.3 Å². The average molecular weight is 278 g/mol. The summed E-state index contributed by atoms with van der Waals surface area (Å²) in [7, 11) is 0. The maximum absolute atomic E-state index is 13.6. The fourth-order valence-corrected chi connectivity index (χ4v) is 2.37. The van der Waals surface area contributed by atoms with E-state index in [-0.39, 0.29) is 28.7 Å². The zero-order valence-corrected chi connectivity index (χ0v) is 11.5. The van der Waals surface area contributed by atoms with Crippen LogP contribution in [0.2, 0.25) is 5.02 Å². The third-order valence-electron chi connectivity index (χ3n) is 2.69. The normalized spacial score (nSPS) is 14.6. The van der Waals surface area contributed by atoms with Crippen molar-refractivity contribution in [3.8, 4) is 0 Å². The van der Waals surface area contributed by atoms with Crippen molar-refractivity contribution >= 4 is 23.4 Å². The van der Waals surface area contributed by atoms with E-state index in [1.807, 2.05) is 13.2 Å². The smallest absolute Gasteiger partial charge is 0.146 e. The highest BCUT2D eigenvalue weighted by Crippen LogP contribution is 2.18. The van der Waals surface area contributed by atoms with Gasteiger partial charge in [0, 0.05) is 23.4 Å². The van der Waals surface area contributed by atoms with Crippen LogP contribution in [0.5, 0.6) is 0 Å². The van der Waals surface area contributed by atoms with Gasteiger partial charge in [-0.3, -0.25) is 0 Å². The Kier molecular flexibility index (Phi) is 6.27. The molecule has 0 fully saturated rings. The van der Waals surface area contributed by atoms with Gasteiger partial charge in [-0.05, 0) is 19.2 Å². The summed E-state index contributed by atoms with van der Waals surface area (Å²) in [6.45, 7) is 2.48. The molecule has 0 aliphatic carbocycles. The van der Waals surface area contributed by atoms with Crippen molar-refractivity contribution in [1.29, 1.82) is 0 Å². The molecular formula is C12H17ClFNOS. The summed E-state index contributed by atoms with van der Waals surface area (Å²) >= 11 is 7.29. The lowest BCUT2D eigenvalue weighted by molar-refractivity contribution is 0.275.